The number of carbonyl (C=O) groups excluding carboxylic acids is 1. The Labute approximate surface area is 232 Å². The number of benzene rings is 1. The maximum absolute atomic E-state index is 14.0. The summed E-state index contributed by atoms with van der Waals surface area (Å²) in [5, 5.41) is 16.6. The van der Waals surface area contributed by atoms with Crippen LogP contribution in [0, 0.1) is 11.6 Å². The summed E-state index contributed by atoms with van der Waals surface area (Å²) < 4.78 is 72.3. The van der Waals surface area contributed by atoms with Crippen molar-refractivity contribution in [1.29, 1.82) is 0 Å². The summed E-state index contributed by atoms with van der Waals surface area (Å²) in [6.07, 6.45) is -1.63. The number of likely N-dealkylation sites (tertiary alicyclic amines) is 1. The van der Waals surface area contributed by atoms with Gasteiger partial charge in [-0.3, -0.25) is 0 Å². The molecule has 0 aliphatic carbocycles. The Kier molecular flexibility index (Phi) is 8.85. The van der Waals surface area contributed by atoms with Crippen molar-refractivity contribution in [3.05, 3.63) is 65.4 Å². The zero-order valence-corrected chi connectivity index (χ0v) is 22.2. The van der Waals surface area contributed by atoms with Gasteiger partial charge >= 0.3 is 12.2 Å². The molecule has 1 aromatic carbocycles. The molecular formula is C26H28F5N7O3. The van der Waals surface area contributed by atoms with Gasteiger partial charge in [0.1, 0.15) is 29.5 Å². The number of urea groups is 1. The van der Waals surface area contributed by atoms with Crippen molar-refractivity contribution in [2.45, 2.75) is 44.4 Å². The molecule has 15 heteroatoms. The van der Waals surface area contributed by atoms with Gasteiger partial charge in [-0.15, -0.1) is 0 Å². The molecular weight excluding hydrogens is 553 g/mol. The molecule has 2 amide bonds. The molecule has 0 spiro atoms. The SMILES string of the molecule is CCNc1ncc(C(C)(O)COc2ccnc(C(F)(F)F)n2)c(C2CCN(C(=O)Nc3c(F)cccc3F)CC2)n1. The summed E-state index contributed by atoms with van der Waals surface area (Å²) in [5.41, 5.74) is -1.50. The first kappa shape index (κ1) is 29.8. The third kappa shape index (κ3) is 7.14. The first-order valence-corrected chi connectivity index (χ1v) is 12.8. The fraction of sp³-hybridized carbons (Fsp3) is 0.423. The van der Waals surface area contributed by atoms with Gasteiger partial charge in [-0.05, 0) is 38.8 Å². The highest BCUT2D eigenvalue weighted by Gasteiger charge is 2.36. The second kappa shape index (κ2) is 12.2. The minimum atomic E-state index is -4.76. The van der Waals surface area contributed by atoms with Crippen LogP contribution in [0.4, 0.5) is 38.4 Å². The standard InChI is InChI=1S/C26H28F5N7O3/c1-3-32-23-34-13-16(25(2,40)14-41-19-7-10-33-22(35-19)26(29,30)31)20(36-23)15-8-11-38(12-9-15)24(39)37-21-17(27)5-4-6-18(21)28/h4-7,10,13,15,40H,3,8-9,11-12,14H2,1-2H3,(H,37,39)(H,32,34,36). The van der Waals surface area contributed by atoms with Gasteiger partial charge in [0.05, 0.1) is 5.69 Å². The Bertz CT molecular complexity index is 1360. The Morgan fingerprint density at radius 3 is 2.44 bits per heavy atom. The van der Waals surface area contributed by atoms with E-state index in [0.29, 0.717) is 36.6 Å². The average Bonchev–Trinajstić information content (AvgIpc) is 2.94. The van der Waals surface area contributed by atoms with Crippen LogP contribution < -0.4 is 15.4 Å². The van der Waals surface area contributed by atoms with Gasteiger partial charge in [0.25, 0.3) is 0 Å². The molecule has 10 nitrogen and oxygen atoms in total. The molecule has 3 heterocycles. The van der Waals surface area contributed by atoms with Gasteiger partial charge in [0.2, 0.25) is 17.7 Å². The van der Waals surface area contributed by atoms with Gasteiger partial charge in [0.15, 0.2) is 0 Å². The van der Waals surface area contributed by atoms with E-state index in [2.05, 4.69) is 30.6 Å². The fourth-order valence-corrected chi connectivity index (χ4v) is 4.38. The zero-order chi connectivity index (χ0) is 29.8. The van der Waals surface area contributed by atoms with Crippen LogP contribution in [0.3, 0.4) is 0 Å². The van der Waals surface area contributed by atoms with E-state index in [-0.39, 0.29) is 24.9 Å². The number of aromatic nitrogens is 4. The number of hydrogen-bond acceptors (Lipinski definition) is 8. The topological polar surface area (TPSA) is 125 Å². The van der Waals surface area contributed by atoms with Crippen molar-refractivity contribution in [1.82, 2.24) is 24.8 Å². The van der Waals surface area contributed by atoms with E-state index in [9.17, 15) is 31.9 Å². The lowest BCUT2D eigenvalue weighted by Gasteiger charge is -2.34. The van der Waals surface area contributed by atoms with E-state index in [0.717, 1.165) is 24.4 Å². The predicted molar refractivity (Wildman–Crippen MR) is 137 cm³/mol. The number of hydrogen-bond donors (Lipinski definition) is 3. The number of ether oxygens (including phenoxy) is 1. The number of nitrogens with zero attached hydrogens (tertiary/aromatic N) is 5. The monoisotopic (exact) mass is 581 g/mol. The minimum absolute atomic E-state index is 0.229. The Balaban J connectivity index is 1.49. The van der Waals surface area contributed by atoms with Crippen molar-refractivity contribution in [3.8, 4) is 5.88 Å². The Morgan fingerprint density at radius 1 is 1.12 bits per heavy atom. The maximum atomic E-state index is 14.0. The van der Waals surface area contributed by atoms with Crippen LogP contribution in [0.1, 0.15) is 49.7 Å². The van der Waals surface area contributed by atoms with Gasteiger partial charge in [-0.25, -0.2) is 28.5 Å². The van der Waals surface area contributed by atoms with E-state index in [4.69, 9.17) is 4.74 Å². The van der Waals surface area contributed by atoms with E-state index in [1.807, 2.05) is 6.92 Å². The summed E-state index contributed by atoms with van der Waals surface area (Å²) >= 11 is 0. The molecule has 3 N–H and O–H groups in total. The molecule has 1 aliphatic rings. The molecule has 0 saturated carbocycles. The lowest BCUT2D eigenvalue weighted by Crippen LogP contribution is -2.41. The summed E-state index contributed by atoms with van der Waals surface area (Å²) in [6, 6.07) is 3.76. The molecule has 2 aromatic heterocycles. The molecule has 1 atom stereocenters. The Morgan fingerprint density at radius 2 is 1.80 bits per heavy atom. The summed E-state index contributed by atoms with van der Waals surface area (Å²) in [7, 11) is 0. The van der Waals surface area contributed by atoms with Crippen LogP contribution in [0.5, 0.6) is 5.88 Å². The first-order chi connectivity index (χ1) is 19.4. The molecule has 220 valence electrons. The van der Waals surface area contributed by atoms with Crippen LogP contribution >= 0.6 is 0 Å². The van der Waals surface area contributed by atoms with E-state index in [1.54, 1.807) is 0 Å². The maximum Gasteiger partial charge on any atom is 0.451 e. The fourth-order valence-electron chi connectivity index (χ4n) is 4.38. The quantitative estimate of drug-likeness (QED) is 0.327. The largest absolute Gasteiger partial charge is 0.474 e. The number of carbonyl (C=O) groups is 1. The van der Waals surface area contributed by atoms with Gasteiger partial charge in [-0.2, -0.15) is 18.2 Å². The van der Waals surface area contributed by atoms with E-state index < -0.39 is 47.6 Å². The average molecular weight is 582 g/mol. The number of nitrogens with one attached hydrogen (secondary N) is 2. The number of halogens is 5. The van der Waals surface area contributed by atoms with Gasteiger partial charge in [0, 0.05) is 49.6 Å². The number of piperidine rings is 1. The van der Waals surface area contributed by atoms with Crippen LogP contribution in [0.2, 0.25) is 0 Å². The molecule has 4 rings (SSSR count). The lowest BCUT2D eigenvalue weighted by molar-refractivity contribution is -0.145. The van der Waals surface area contributed by atoms with E-state index in [1.165, 1.54) is 24.1 Å². The second-order valence-corrected chi connectivity index (χ2v) is 9.59. The van der Waals surface area contributed by atoms with Crippen LogP contribution in [-0.2, 0) is 11.8 Å². The Hall–Kier alpha value is -4.14. The number of aliphatic hydroxyl groups is 1. The summed E-state index contributed by atoms with van der Waals surface area (Å²) in [4.78, 5) is 29.5. The van der Waals surface area contributed by atoms with Crippen LogP contribution in [0.15, 0.2) is 36.7 Å². The molecule has 1 saturated heterocycles. The van der Waals surface area contributed by atoms with Gasteiger partial charge < -0.3 is 25.4 Å². The molecule has 1 aliphatic heterocycles. The van der Waals surface area contributed by atoms with Crippen LogP contribution in [-0.4, -0.2) is 62.2 Å². The van der Waals surface area contributed by atoms with E-state index >= 15 is 0 Å². The molecule has 1 unspecified atom stereocenters. The molecule has 1 fully saturated rings. The molecule has 0 radical (unpaired) electrons. The second-order valence-electron chi connectivity index (χ2n) is 9.59. The number of rotatable bonds is 8. The summed E-state index contributed by atoms with van der Waals surface area (Å²) in [6.45, 7) is 3.79. The van der Waals surface area contributed by atoms with Crippen LogP contribution in [0.25, 0.3) is 0 Å². The molecule has 0 bridgehead atoms. The predicted octanol–water partition coefficient (Wildman–Crippen LogP) is 4.69. The van der Waals surface area contributed by atoms with Crippen molar-refractivity contribution in [3.63, 3.8) is 0 Å². The molecule has 41 heavy (non-hydrogen) atoms. The number of anilines is 2. The number of amides is 2. The van der Waals surface area contributed by atoms with Crippen molar-refractivity contribution < 1.29 is 36.6 Å². The smallest absolute Gasteiger partial charge is 0.451 e. The number of para-hydroxylation sites is 1. The lowest BCUT2D eigenvalue weighted by atomic mass is 9.86. The normalized spacial score (nSPS) is 15.8. The third-order valence-electron chi connectivity index (χ3n) is 6.48. The minimum Gasteiger partial charge on any atom is -0.474 e. The highest BCUT2D eigenvalue weighted by Crippen LogP contribution is 2.35. The summed E-state index contributed by atoms with van der Waals surface area (Å²) in [5.74, 6) is -3.47. The highest BCUT2D eigenvalue weighted by molar-refractivity contribution is 5.89. The van der Waals surface area contributed by atoms with Gasteiger partial charge in [-0.1, -0.05) is 6.07 Å². The highest BCUT2D eigenvalue weighted by atomic mass is 19.4. The first-order valence-electron chi connectivity index (χ1n) is 12.8. The van der Waals surface area contributed by atoms with Crippen molar-refractivity contribution in [2.75, 3.05) is 36.9 Å². The molecule has 3 aromatic rings. The number of alkyl halides is 3. The zero-order valence-electron chi connectivity index (χ0n) is 22.2. The third-order valence-corrected chi connectivity index (χ3v) is 6.48. The van der Waals surface area contributed by atoms with Crippen molar-refractivity contribution >= 4 is 17.7 Å². The van der Waals surface area contributed by atoms with Crippen molar-refractivity contribution in [2.24, 2.45) is 0 Å².